The van der Waals surface area contributed by atoms with E-state index in [-0.39, 0.29) is 12.5 Å². The van der Waals surface area contributed by atoms with E-state index in [0.29, 0.717) is 12.5 Å². The van der Waals surface area contributed by atoms with Crippen LogP contribution in [0.15, 0.2) is 12.3 Å². The van der Waals surface area contributed by atoms with Crippen molar-refractivity contribution in [1.29, 1.82) is 0 Å². The maximum atomic E-state index is 12.1. The van der Waals surface area contributed by atoms with Gasteiger partial charge in [0.25, 0.3) is 0 Å². The second kappa shape index (κ2) is 7.40. The number of carbonyl (C=O) groups is 1. The number of amides is 1. The number of carbonyl (C=O) groups excluding carboxylic acids is 1. The van der Waals surface area contributed by atoms with Crippen molar-refractivity contribution in [3.63, 3.8) is 0 Å². The van der Waals surface area contributed by atoms with Gasteiger partial charge >= 0.3 is 0 Å². The molecule has 6 nitrogen and oxygen atoms in total. The highest BCUT2D eigenvalue weighted by molar-refractivity contribution is 5.77. The van der Waals surface area contributed by atoms with Crippen LogP contribution in [0.3, 0.4) is 0 Å². The normalized spacial score (nSPS) is 19.3. The van der Waals surface area contributed by atoms with Crippen LogP contribution in [0.2, 0.25) is 0 Å². The van der Waals surface area contributed by atoms with E-state index in [1.165, 1.54) is 0 Å². The van der Waals surface area contributed by atoms with Gasteiger partial charge in [0, 0.05) is 33.4 Å². The lowest BCUT2D eigenvalue weighted by Crippen LogP contribution is -2.42. The molecule has 0 saturated carbocycles. The van der Waals surface area contributed by atoms with E-state index in [9.17, 15) is 4.79 Å². The molecule has 1 amide bonds. The van der Waals surface area contributed by atoms with Gasteiger partial charge in [0.1, 0.15) is 6.61 Å². The lowest BCUT2D eigenvalue weighted by Gasteiger charge is -2.32. The number of rotatable bonds is 6. The van der Waals surface area contributed by atoms with Crippen LogP contribution in [-0.2, 0) is 27.9 Å². The fourth-order valence-corrected chi connectivity index (χ4v) is 2.54. The smallest absolute Gasteiger partial charge is 0.248 e. The second-order valence-electron chi connectivity index (χ2n) is 5.24. The van der Waals surface area contributed by atoms with Crippen LogP contribution in [0.25, 0.3) is 0 Å². The zero-order chi connectivity index (χ0) is 14.4. The Bertz CT molecular complexity index is 431. The van der Waals surface area contributed by atoms with Crippen LogP contribution in [0, 0.1) is 5.92 Å². The third kappa shape index (κ3) is 4.05. The van der Waals surface area contributed by atoms with E-state index in [1.807, 2.05) is 18.0 Å². The standard InChI is InChI=1S/C14H23N3O3/c1-16-13(5-6-15-16)10-20-11-14(18)17-7-3-4-12(8-17)9-19-2/h5-6,12H,3-4,7-11H2,1-2H3. The van der Waals surface area contributed by atoms with Gasteiger partial charge in [-0.2, -0.15) is 5.10 Å². The molecule has 0 N–H and O–H groups in total. The average Bonchev–Trinajstić information content (AvgIpc) is 2.85. The number of nitrogens with zero attached hydrogens (tertiary/aromatic N) is 3. The lowest BCUT2D eigenvalue weighted by atomic mass is 9.99. The summed E-state index contributed by atoms with van der Waals surface area (Å²) in [4.78, 5) is 14.0. The molecule has 0 spiro atoms. The van der Waals surface area contributed by atoms with E-state index in [2.05, 4.69) is 5.10 Å². The number of ether oxygens (including phenoxy) is 2. The van der Waals surface area contributed by atoms with Gasteiger partial charge < -0.3 is 14.4 Å². The van der Waals surface area contributed by atoms with Crippen molar-refractivity contribution in [2.24, 2.45) is 13.0 Å². The first-order chi connectivity index (χ1) is 9.70. The third-order valence-electron chi connectivity index (χ3n) is 3.67. The van der Waals surface area contributed by atoms with Crippen molar-refractivity contribution < 1.29 is 14.3 Å². The molecule has 0 aliphatic carbocycles. The predicted molar refractivity (Wildman–Crippen MR) is 74.0 cm³/mol. The number of aromatic nitrogens is 2. The Morgan fingerprint density at radius 3 is 3.10 bits per heavy atom. The Labute approximate surface area is 119 Å². The Kier molecular flexibility index (Phi) is 5.55. The molecule has 112 valence electrons. The zero-order valence-electron chi connectivity index (χ0n) is 12.2. The van der Waals surface area contributed by atoms with Crippen molar-refractivity contribution in [2.45, 2.75) is 19.4 Å². The number of piperidine rings is 1. The Balaban J connectivity index is 1.73. The van der Waals surface area contributed by atoms with Gasteiger partial charge in [-0.25, -0.2) is 0 Å². The molecule has 0 radical (unpaired) electrons. The summed E-state index contributed by atoms with van der Waals surface area (Å²) in [7, 11) is 3.57. The zero-order valence-corrected chi connectivity index (χ0v) is 12.2. The van der Waals surface area contributed by atoms with E-state index >= 15 is 0 Å². The minimum atomic E-state index is 0.0629. The van der Waals surface area contributed by atoms with Gasteiger partial charge in [-0.3, -0.25) is 9.48 Å². The molecule has 1 aliphatic rings. The summed E-state index contributed by atoms with van der Waals surface area (Å²) in [5, 5.41) is 4.06. The van der Waals surface area contributed by atoms with Crippen LogP contribution < -0.4 is 0 Å². The molecule has 2 heterocycles. The third-order valence-corrected chi connectivity index (χ3v) is 3.67. The summed E-state index contributed by atoms with van der Waals surface area (Å²) in [6.07, 6.45) is 3.90. The molecular formula is C14H23N3O3. The summed E-state index contributed by atoms with van der Waals surface area (Å²) in [5.41, 5.74) is 0.966. The Morgan fingerprint density at radius 2 is 2.40 bits per heavy atom. The van der Waals surface area contributed by atoms with Crippen LogP contribution in [0.1, 0.15) is 18.5 Å². The van der Waals surface area contributed by atoms with Crippen molar-refractivity contribution in [2.75, 3.05) is 33.4 Å². The molecule has 2 rings (SSSR count). The highest BCUT2D eigenvalue weighted by Crippen LogP contribution is 2.16. The predicted octanol–water partition coefficient (Wildman–Crippen LogP) is 0.822. The summed E-state index contributed by atoms with van der Waals surface area (Å²) in [5.74, 6) is 0.516. The maximum absolute atomic E-state index is 12.1. The van der Waals surface area contributed by atoms with Gasteiger partial charge in [0.05, 0.1) is 18.9 Å². The van der Waals surface area contributed by atoms with E-state index in [0.717, 1.165) is 38.2 Å². The molecule has 1 aliphatic heterocycles. The number of methoxy groups -OCH3 is 1. The van der Waals surface area contributed by atoms with Crippen molar-refractivity contribution >= 4 is 5.91 Å². The monoisotopic (exact) mass is 281 g/mol. The summed E-state index contributed by atoms with van der Waals surface area (Å²) < 4.78 is 12.4. The molecule has 6 heteroatoms. The topological polar surface area (TPSA) is 56.6 Å². The van der Waals surface area contributed by atoms with Crippen LogP contribution in [-0.4, -0.2) is 54.0 Å². The largest absolute Gasteiger partial charge is 0.384 e. The Morgan fingerprint density at radius 1 is 1.55 bits per heavy atom. The number of aryl methyl sites for hydroxylation is 1. The molecule has 1 aromatic rings. The highest BCUT2D eigenvalue weighted by atomic mass is 16.5. The summed E-state index contributed by atoms with van der Waals surface area (Å²) >= 11 is 0. The molecule has 1 aromatic heterocycles. The minimum absolute atomic E-state index is 0.0629. The molecule has 20 heavy (non-hydrogen) atoms. The molecule has 0 bridgehead atoms. The minimum Gasteiger partial charge on any atom is -0.384 e. The van der Waals surface area contributed by atoms with E-state index in [4.69, 9.17) is 9.47 Å². The van der Waals surface area contributed by atoms with Gasteiger partial charge in [-0.05, 0) is 24.8 Å². The van der Waals surface area contributed by atoms with Gasteiger partial charge in [0.2, 0.25) is 5.91 Å². The molecular weight excluding hydrogens is 258 g/mol. The van der Waals surface area contributed by atoms with Gasteiger partial charge in [-0.1, -0.05) is 0 Å². The first kappa shape index (κ1) is 15.0. The highest BCUT2D eigenvalue weighted by Gasteiger charge is 2.23. The second-order valence-corrected chi connectivity index (χ2v) is 5.24. The molecule has 0 aromatic carbocycles. The van der Waals surface area contributed by atoms with Crippen LogP contribution in [0.4, 0.5) is 0 Å². The van der Waals surface area contributed by atoms with Gasteiger partial charge in [-0.15, -0.1) is 0 Å². The van der Waals surface area contributed by atoms with Crippen molar-refractivity contribution in [1.82, 2.24) is 14.7 Å². The summed E-state index contributed by atoms with van der Waals surface area (Å²) in [6, 6.07) is 1.89. The molecule has 1 fully saturated rings. The molecule has 1 saturated heterocycles. The first-order valence-electron chi connectivity index (χ1n) is 7.02. The molecule has 1 atom stereocenters. The number of likely N-dealkylation sites (tertiary alicyclic amines) is 1. The average molecular weight is 281 g/mol. The van der Waals surface area contributed by atoms with Crippen molar-refractivity contribution in [3.05, 3.63) is 18.0 Å². The number of hydrogen-bond donors (Lipinski definition) is 0. The Hall–Kier alpha value is -1.40. The quantitative estimate of drug-likeness (QED) is 0.775. The van der Waals surface area contributed by atoms with E-state index in [1.54, 1.807) is 18.0 Å². The molecule has 1 unspecified atom stereocenters. The van der Waals surface area contributed by atoms with Crippen molar-refractivity contribution in [3.8, 4) is 0 Å². The number of hydrogen-bond acceptors (Lipinski definition) is 4. The van der Waals surface area contributed by atoms with E-state index < -0.39 is 0 Å². The van der Waals surface area contributed by atoms with Gasteiger partial charge in [0.15, 0.2) is 0 Å². The fraction of sp³-hybridized carbons (Fsp3) is 0.714. The summed E-state index contributed by atoms with van der Waals surface area (Å²) in [6.45, 7) is 2.87. The SMILES string of the molecule is COCC1CCCN(C(=O)COCc2ccnn2C)C1. The van der Waals surface area contributed by atoms with Crippen LogP contribution in [0.5, 0.6) is 0 Å². The maximum Gasteiger partial charge on any atom is 0.248 e. The lowest BCUT2D eigenvalue weighted by molar-refractivity contribution is -0.138. The fourth-order valence-electron chi connectivity index (χ4n) is 2.54. The van der Waals surface area contributed by atoms with Crippen LogP contribution >= 0.6 is 0 Å². The first-order valence-corrected chi connectivity index (χ1v) is 7.02.